The zero-order valence-corrected chi connectivity index (χ0v) is 13.4. The fraction of sp³-hybridized carbons (Fsp3) is 0.588. The molecule has 0 aliphatic heterocycles. The standard InChI is InChI=1S/C17H23NOS/c1-4-14-7-8-15(11-18)17(10-14)20(19)16-9-12(2)5-6-13(16)3/h5-6,9,14-15,17H,4,7-8,10H2,1-3H3. The van der Waals surface area contributed by atoms with Crippen molar-refractivity contribution in [2.45, 2.75) is 56.6 Å². The minimum Gasteiger partial charge on any atom is -0.254 e. The molecule has 20 heavy (non-hydrogen) atoms. The highest BCUT2D eigenvalue weighted by molar-refractivity contribution is 7.85. The largest absolute Gasteiger partial charge is 0.254 e. The van der Waals surface area contributed by atoms with Crippen LogP contribution in [-0.4, -0.2) is 9.46 Å². The maximum atomic E-state index is 13.0. The second-order valence-corrected chi connectivity index (χ2v) is 7.57. The molecule has 4 atom stereocenters. The Morgan fingerprint density at radius 2 is 2.10 bits per heavy atom. The second kappa shape index (κ2) is 6.54. The first-order valence-corrected chi connectivity index (χ1v) is 8.65. The summed E-state index contributed by atoms with van der Waals surface area (Å²) in [6, 6.07) is 8.49. The average Bonchev–Trinajstić information content (AvgIpc) is 2.48. The minimum atomic E-state index is -1.07. The molecular weight excluding hydrogens is 266 g/mol. The van der Waals surface area contributed by atoms with E-state index in [0.29, 0.717) is 5.92 Å². The molecule has 1 saturated carbocycles. The molecule has 1 fully saturated rings. The van der Waals surface area contributed by atoms with Crippen LogP contribution in [0.2, 0.25) is 0 Å². The number of benzene rings is 1. The van der Waals surface area contributed by atoms with E-state index in [4.69, 9.17) is 0 Å². The number of aryl methyl sites for hydroxylation is 2. The quantitative estimate of drug-likeness (QED) is 0.839. The lowest BCUT2D eigenvalue weighted by molar-refractivity contribution is 0.313. The molecule has 1 aliphatic carbocycles. The van der Waals surface area contributed by atoms with Gasteiger partial charge in [-0.15, -0.1) is 0 Å². The fourth-order valence-electron chi connectivity index (χ4n) is 3.05. The number of nitrogens with zero attached hydrogens (tertiary/aromatic N) is 1. The van der Waals surface area contributed by atoms with Gasteiger partial charge in [0, 0.05) is 4.90 Å². The molecule has 0 aromatic heterocycles. The van der Waals surface area contributed by atoms with Crippen molar-refractivity contribution < 1.29 is 4.21 Å². The fourth-order valence-corrected chi connectivity index (χ4v) is 5.01. The van der Waals surface area contributed by atoms with E-state index in [-0.39, 0.29) is 11.2 Å². The van der Waals surface area contributed by atoms with Crippen LogP contribution in [0.3, 0.4) is 0 Å². The summed E-state index contributed by atoms with van der Waals surface area (Å²) in [6.45, 7) is 6.22. The molecule has 0 amide bonds. The summed E-state index contributed by atoms with van der Waals surface area (Å²) in [5, 5.41) is 9.35. The van der Waals surface area contributed by atoms with E-state index in [2.05, 4.69) is 13.0 Å². The number of nitriles is 1. The van der Waals surface area contributed by atoms with Crippen molar-refractivity contribution in [1.29, 1.82) is 5.26 Å². The topological polar surface area (TPSA) is 40.9 Å². The third-order valence-corrected chi connectivity index (χ3v) is 6.42. The van der Waals surface area contributed by atoms with Crippen LogP contribution in [0.1, 0.15) is 43.7 Å². The lowest BCUT2D eigenvalue weighted by atomic mass is 9.81. The molecule has 3 heteroatoms. The zero-order chi connectivity index (χ0) is 14.7. The summed E-state index contributed by atoms with van der Waals surface area (Å²) in [6.07, 6.45) is 4.05. The van der Waals surface area contributed by atoms with Crippen LogP contribution in [0, 0.1) is 37.0 Å². The Hall–Kier alpha value is -1.14. The van der Waals surface area contributed by atoms with Crippen molar-refractivity contribution in [2.24, 2.45) is 11.8 Å². The smallest absolute Gasteiger partial charge is 0.0668 e. The van der Waals surface area contributed by atoms with Crippen LogP contribution in [0.25, 0.3) is 0 Å². The van der Waals surface area contributed by atoms with Crippen LogP contribution in [0.5, 0.6) is 0 Å². The Kier molecular flexibility index (Phi) is 4.99. The first-order chi connectivity index (χ1) is 9.56. The van der Waals surface area contributed by atoms with Crippen LogP contribution in [0.4, 0.5) is 0 Å². The zero-order valence-electron chi connectivity index (χ0n) is 12.6. The molecule has 4 unspecified atom stereocenters. The maximum absolute atomic E-state index is 13.0. The Morgan fingerprint density at radius 1 is 1.35 bits per heavy atom. The van der Waals surface area contributed by atoms with Gasteiger partial charge in [-0.2, -0.15) is 5.26 Å². The van der Waals surface area contributed by atoms with Gasteiger partial charge >= 0.3 is 0 Å². The van der Waals surface area contributed by atoms with Crippen molar-refractivity contribution in [3.8, 4) is 6.07 Å². The van der Waals surface area contributed by atoms with Crippen molar-refractivity contribution in [3.05, 3.63) is 29.3 Å². The van der Waals surface area contributed by atoms with E-state index in [1.807, 2.05) is 32.0 Å². The normalized spacial score (nSPS) is 27.8. The molecule has 108 valence electrons. The maximum Gasteiger partial charge on any atom is 0.0668 e. The van der Waals surface area contributed by atoms with Gasteiger partial charge in [0.15, 0.2) is 0 Å². The van der Waals surface area contributed by atoms with Gasteiger partial charge in [-0.1, -0.05) is 25.5 Å². The van der Waals surface area contributed by atoms with Crippen LogP contribution < -0.4 is 0 Å². The molecule has 0 radical (unpaired) electrons. The summed E-state index contributed by atoms with van der Waals surface area (Å²) < 4.78 is 13.0. The highest BCUT2D eigenvalue weighted by atomic mass is 32.2. The van der Waals surface area contributed by atoms with E-state index in [0.717, 1.165) is 41.7 Å². The van der Waals surface area contributed by atoms with Gasteiger partial charge in [0.2, 0.25) is 0 Å². The summed E-state index contributed by atoms with van der Waals surface area (Å²) >= 11 is 0. The summed E-state index contributed by atoms with van der Waals surface area (Å²) in [4.78, 5) is 0.923. The monoisotopic (exact) mass is 289 g/mol. The van der Waals surface area contributed by atoms with Crippen molar-refractivity contribution >= 4 is 10.8 Å². The molecule has 0 bridgehead atoms. The molecule has 1 aliphatic rings. The second-order valence-electron chi connectivity index (χ2n) is 5.93. The third kappa shape index (κ3) is 3.12. The molecule has 1 aromatic carbocycles. The summed E-state index contributed by atoms with van der Waals surface area (Å²) in [5.41, 5.74) is 2.21. The number of hydrogen-bond donors (Lipinski definition) is 0. The van der Waals surface area contributed by atoms with Gasteiger partial charge < -0.3 is 0 Å². The van der Waals surface area contributed by atoms with E-state index in [1.165, 1.54) is 0 Å². The molecule has 0 spiro atoms. The highest BCUT2D eigenvalue weighted by Gasteiger charge is 2.34. The molecule has 0 heterocycles. The first kappa shape index (κ1) is 15.3. The van der Waals surface area contributed by atoms with Gasteiger partial charge in [0.05, 0.1) is 28.0 Å². The first-order valence-electron chi connectivity index (χ1n) is 7.44. The Bertz CT molecular complexity index is 546. The highest BCUT2D eigenvalue weighted by Crippen LogP contribution is 2.36. The lowest BCUT2D eigenvalue weighted by Gasteiger charge is -2.32. The number of hydrogen-bond acceptors (Lipinski definition) is 2. The Balaban J connectivity index is 2.29. The minimum absolute atomic E-state index is 0.000741. The van der Waals surface area contributed by atoms with Gasteiger partial charge in [0.1, 0.15) is 0 Å². The molecule has 2 nitrogen and oxygen atoms in total. The molecule has 2 rings (SSSR count). The molecule has 0 N–H and O–H groups in total. The number of rotatable bonds is 3. The van der Waals surface area contributed by atoms with Crippen LogP contribution in [0.15, 0.2) is 23.1 Å². The van der Waals surface area contributed by atoms with Crippen molar-refractivity contribution in [2.75, 3.05) is 0 Å². The van der Waals surface area contributed by atoms with Gasteiger partial charge in [-0.05, 0) is 56.2 Å². The summed E-state index contributed by atoms with van der Waals surface area (Å²) in [7, 11) is -1.07. The van der Waals surface area contributed by atoms with E-state index in [1.54, 1.807) is 0 Å². The van der Waals surface area contributed by atoms with Crippen molar-refractivity contribution in [3.63, 3.8) is 0 Å². The van der Waals surface area contributed by atoms with Crippen LogP contribution >= 0.6 is 0 Å². The van der Waals surface area contributed by atoms with Crippen LogP contribution in [-0.2, 0) is 10.8 Å². The van der Waals surface area contributed by atoms with Crippen molar-refractivity contribution in [1.82, 2.24) is 0 Å². The molecular formula is C17H23NOS. The Morgan fingerprint density at radius 3 is 2.75 bits per heavy atom. The SMILES string of the molecule is CCC1CCC(C#N)C(S(=O)c2cc(C)ccc2C)C1. The average molecular weight is 289 g/mol. The lowest BCUT2D eigenvalue weighted by Crippen LogP contribution is -2.32. The van der Waals surface area contributed by atoms with E-state index in [9.17, 15) is 9.47 Å². The predicted octanol–water partition coefficient (Wildman–Crippen LogP) is 4.13. The molecule has 0 saturated heterocycles. The van der Waals surface area contributed by atoms with E-state index >= 15 is 0 Å². The Labute approximate surface area is 124 Å². The van der Waals surface area contributed by atoms with Gasteiger partial charge in [-0.25, -0.2) is 0 Å². The molecule has 1 aromatic rings. The summed E-state index contributed by atoms with van der Waals surface area (Å²) in [5.74, 6) is 0.567. The predicted molar refractivity (Wildman–Crippen MR) is 82.8 cm³/mol. The van der Waals surface area contributed by atoms with Gasteiger partial charge in [0.25, 0.3) is 0 Å². The van der Waals surface area contributed by atoms with Gasteiger partial charge in [-0.3, -0.25) is 4.21 Å². The van der Waals surface area contributed by atoms with E-state index < -0.39 is 10.8 Å². The third-order valence-electron chi connectivity index (χ3n) is 4.48.